The van der Waals surface area contributed by atoms with Gasteiger partial charge in [-0.2, -0.15) is 0 Å². The highest BCUT2D eigenvalue weighted by molar-refractivity contribution is 9.10. The van der Waals surface area contributed by atoms with Gasteiger partial charge in [0.15, 0.2) is 6.61 Å². The summed E-state index contributed by atoms with van der Waals surface area (Å²) >= 11 is 3.51. The molecule has 24 heavy (non-hydrogen) atoms. The third-order valence-electron chi connectivity index (χ3n) is 3.99. The highest BCUT2D eigenvalue weighted by atomic mass is 79.9. The summed E-state index contributed by atoms with van der Waals surface area (Å²) in [6.07, 6.45) is 0. The predicted octanol–water partition coefficient (Wildman–Crippen LogP) is 5.14. The van der Waals surface area contributed by atoms with Crippen LogP contribution < -0.4 is 10.1 Å². The Morgan fingerprint density at radius 2 is 1.88 bits per heavy atom. The molecule has 1 N–H and O–H groups in total. The molecular formula is C20H24BrNO2. The van der Waals surface area contributed by atoms with Crippen molar-refractivity contribution in [3.8, 4) is 5.75 Å². The minimum atomic E-state index is -0.132. The van der Waals surface area contributed by atoms with Crippen molar-refractivity contribution >= 4 is 21.8 Å². The Labute approximate surface area is 152 Å². The first kappa shape index (κ1) is 18.5. The highest BCUT2D eigenvalue weighted by Gasteiger charge is 2.13. The van der Waals surface area contributed by atoms with Crippen LogP contribution in [0.25, 0.3) is 0 Å². The molecule has 0 aliphatic carbocycles. The molecule has 2 rings (SSSR count). The average molecular weight is 390 g/mol. The van der Waals surface area contributed by atoms with E-state index in [9.17, 15) is 4.79 Å². The Hall–Kier alpha value is -1.81. The minimum absolute atomic E-state index is 0.0111. The molecule has 0 spiro atoms. The monoisotopic (exact) mass is 389 g/mol. The number of nitrogens with one attached hydrogen (secondary N) is 1. The summed E-state index contributed by atoms with van der Waals surface area (Å²) in [7, 11) is 0. The molecule has 0 aliphatic rings. The zero-order chi connectivity index (χ0) is 17.7. The molecule has 0 radical (unpaired) electrons. The van der Waals surface area contributed by atoms with Crippen LogP contribution in [0.5, 0.6) is 5.75 Å². The van der Waals surface area contributed by atoms with Crippen LogP contribution in [0.4, 0.5) is 0 Å². The van der Waals surface area contributed by atoms with Crippen molar-refractivity contribution in [3.63, 3.8) is 0 Å². The molecule has 1 unspecified atom stereocenters. The second-order valence-corrected chi connectivity index (χ2v) is 7.13. The number of benzene rings is 2. The lowest BCUT2D eigenvalue weighted by atomic mass is 10.0. The fraction of sp³-hybridized carbons (Fsp3) is 0.350. The van der Waals surface area contributed by atoms with Crippen molar-refractivity contribution in [1.82, 2.24) is 5.32 Å². The Morgan fingerprint density at radius 1 is 1.17 bits per heavy atom. The Balaban J connectivity index is 1.96. The summed E-state index contributed by atoms with van der Waals surface area (Å²) in [5.41, 5.74) is 3.28. The number of aryl methyl sites for hydroxylation is 1. The number of halogens is 1. The molecule has 0 fully saturated rings. The summed E-state index contributed by atoms with van der Waals surface area (Å²) in [4.78, 5) is 12.2. The van der Waals surface area contributed by atoms with Crippen LogP contribution in [0.1, 0.15) is 49.4 Å². The summed E-state index contributed by atoms with van der Waals surface area (Å²) in [5.74, 6) is 1.06. The van der Waals surface area contributed by atoms with Crippen molar-refractivity contribution < 1.29 is 9.53 Å². The fourth-order valence-corrected chi connectivity index (χ4v) is 3.09. The molecule has 2 aromatic carbocycles. The lowest BCUT2D eigenvalue weighted by Gasteiger charge is -2.17. The second-order valence-electron chi connectivity index (χ2n) is 6.28. The second kappa shape index (κ2) is 8.34. The number of ether oxygens (including phenoxy) is 1. The van der Waals surface area contributed by atoms with Gasteiger partial charge in [-0.3, -0.25) is 4.79 Å². The van der Waals surface area contributed by atoms with E-state index >= 15 is 0 Å². The van der Waals surface area contributed by atoms with E-state index in [0.29, 0.717) is 5.92 Å². The van der Waals surface area contributed by atoms with Gasteiger partial charge in [0.05, 0.1) is 6.04 Å². The summed E-state index contributed by atoms with van der Waals surface area (Å²) in [5, 5.41) is 2.97. The topological polar surface area (TPSA) is 38.3 Å². The van der Waals surface area contributed by atoms with Crippen LogP contribution >= 0.6 is 15.9 Å². The van der Waals surface area contributed by atoms with Crippen LogP contribution in [0.2, 0.25) is 0 Å². The third kappa shape index (κ3) is 4.84. The first-order valence-electron chi connectivity index (χ1n) is 8.15. The molecular weight excluding hydrogens is 366 g/mol. The summed E-state index contributed by atoms with van der Waals surface area (Å²) in [6.45, 7) is 8.24. The van der Waals surface area contributed by atoms with Crippen LogP contribution in [-0.4, -0.2) is 12.5 Å². The Bertz CT molecular complexity index is 713. The van der Waals surface area contributed by atoms with E-state index in [1.807, 2.05) is 50.2 Å². The first-order chi connectivity index (χ1) is 11.4. The predicted molar refractivity (Wildman–Crippen MR) is 101 cm³/mol. The fourth-order valence-electron chi connectivity index (χ4n) is 2.46. The molecule has 0 aliphatic heterocycles. The van der Waals surface area contributed by atoms with Crippen molar-refractivity contribution in [3.05, 3.63) is 63.6 Å². The van der Waals surface area contributed by atoms with Crippen LogP contribution in [0.15, 0.2) is 46.9 Å². The van der Waals surface area contributed by atoms with E-state index in [-0.39, 0.29) is 18.6 Å². The quantitative estimate of drug-likeness (QED) is 0.742. The SMILES string of the molecule is Cc1ccc(C(C)C)cc1OCC(=O)NC(C)c1ccccc1Br. The van der Waals surface area contributed by atoms with Gasteiger partial charge in [-0.05, 0) is 48.6 Å². The van der Waals surface area contributed by atoms with Crippen molar-refractivity contribution in [2.45, 2.75) is 39.7 Å². The molecule has 1 atom stereocenters. The van der Waals surface area contributed by atoms with Gasteiger partial charge in [0.2, 0.25) is 0 Å². The molecule has 4 heteroatoms. The first-order valence-corrected chi connectivity index (χ1v) is 8.95. The molecule has 3 nitrogen and oxygen atoms in total. The number of carbonyl (C=O) groups is 1. The lowest BCUT2D eigenvalue weighted by molar-refractivity contribution is -0.123. The number of hydrogen-bond donors (Lipinski definition) is 1. The van der Waals surface area contributed by atoms with Crippen LogP contribution in [-0.2, 0) is 4.79 Å². The maximum absolute atomic E-state index is 12.2. The largest absolute Gasteiger partial charge is 0.483 e. The number of hydrogen-bond acceptors (Lipinski definition) is 2. The molecule has 0 aromatic heterocycles. The Kier molecular flexibility index (Phi) is 6.44. The van der Waals surface area contributed by atoms with Gasteiger partial charge in [-0.15, -0.1) is 0 Å². The highest BCUT2D eigenvalue weighted by Crippen LogP contribution is 2.25. The van der Waals surface area contributed by atoms with E-state index in [4.69, 9.17) is 4.74 Å². The van der Waals surface area contributed by atoms with Gasteiger partial charge in [-0.1, -0.05) is 60.1 Å². The van der Waals surface area contributed by atoms with Gasteiger partial charge < -0.3 is 10.1 Å². The minimum Gasteiger partial charge on any atom is -0.483 e. The van der Waals surface area contributed by atoms with Crippen LogP contribution in [0.3, 0.4) is 0 Å². The maximum atomic E-state index is 12.2. The van der Waals surface area contributed by atoms with Crippen LogP contribution in [0, 0.1) is 6.92 Å². The van der Waals surface area contributed by atoms with E-state index in [0.717, 1.165) is 21.3 Å². The average Bonchev–Trinajstić information content (AvgIpc) is 2.54. The van der Waals surface area contributed by atoms with E-state index in [1.54, 1.807) is 0 Å². The van der Waals surface area contributed by atoms with Crippen molar-refractivity contribution in [2.75, 3.05) is 6.61 Å². The number of carbonyl (C=O) groups excluding carboxylic acids is 1. The van der Waals surface area contributed by atoms with Gasteiger partial charge >= 0.3 is 0 Å². The number of rotatable bonds is 6. The zero-order valence-electron chi connectivity index (χ0n) is 14.6. The van der Waals surface area contributed by atoms with E-state index < -0.39 is 0 Å². The number of amides is 1. The molecule has 128 valence electrons. The molecule has 2 aromatic rings. The third-order valence-corrected chi connectivity index (χ3v) is 4.71. The van der Waals surface area contributed by atoms with E-state index in [2.05, 4.69) is 41.2 Å². The maximum Gasteiger partial charge on any atom is 0.258 e. The smallest absolute Gasteiger partial charge is 0.258 e. The summed E-state index contributed by atoms with van der Waals surface area (Å²) in [6, 6.07) is 13.9. The van der Waals surface area contributed by atoms with Crippen molar-refractivity contribution in [1.29, 1.82) is 0 Å². The molecule has 0 heterocycles. The van der Waals surface area contributed by atoms with Crippen molar-refractivity contribution in [2.24, 2.45) is 0 Å². The lowest BCUT2D eigenvalue weighted by Crippen LogP contribution is -2.31. The normalized spacial score (nSPS) is 12.1. The molecule has 0 saturated heterocycles. The molecule has 0 bridgehead atoms. The molecule has 0 saturated carbocycles. The standard InChI is InChI=1S/C20H24BrNO2/c1-13(2)16-10-9-14(3)19(11-16)24-12-20(23)22-15(4)17-7-5-6-8-18(17)21/h5-11,13,15H,12H2,1-4H3,(H,22,23). The van der Waals surface area contributed by atoms with Gasteiger partial charge in [0.1, 0.15) is 5.75 Å². The molecule has 1 amide bonds. The van der Waals surface area contributed by atoms with Gasteiger partial charge in [-0.25, -0.2) is 0 Å². The Morgan fingerprint density at radius 3 is 2.54 bits per heavy atom. The summed E-state index contributed by atoms with van der Waals surface area (Å²) < 4.78 is 6.72. The van der Waals surface area contributed by atoms with E-state index in [1.165, 1.54) is 5.56 Å². The van der Waals surface area contributed by atoms with Gasteiger partial charge in [0.25, 0.3) is 5.91 Å². The van der Waals surface area contributed by atoms with Gasteiger partial charge in [0, 0.05) is 4.47 Å². The zero-order valence-corrected chi connectivity index (χ0v) is 16.2.